The highest BCUT2D eigenvalue weighted by Crippen LogP contribution is 2.36. The number of benzene rings is 2. The zero-order chi connectivity index (χ0) is 20.0. The third-order valence-corrected chi connectivity index (χ3v) is 4.59. The van der Waals surface area contributed by atoms with Crippen LogP contribution in [-0.4, -0.2) is 23.3 Å². The van der Waals surface area contributed by atoms with Gasteiger partial charge >= 0.3 is 6.18 Å². The highest BCUT2D eigenvalue weighted by molar-refractivity contribution is 8.00. The van der Waals surface area contributed by atoms with Gasteiger partial charge in [-0.2, -0.15) is 13.2 Å². The smallest absolute Gasteiger partial charge is 0.325 e. The standard InChI is InChI=1S/C18H16ClF3N2O2S/c1-11-3-2-4-12(7-11)23-16(25)9-27-10-17(26)24-13-5-6-15(19)14(8-13)18(20,21)22/h2-8H,9-10H2,1H3,(H,23,25)(H,24,26). The molecule has 2 amide bonds. The van der Waals surface area contributed by atoms with Gasteiger partial charge in [0.15, 0.2) is 0 Å². The molecular weight excluding hydrogens is 401 g/mol. The molecule has 0 aliphatic heterocycles. The largest absolute Gasteiger partial charge is 0.417 e. The van der Waals surface area contributed by atoms with Crippen molar-refractivity contribution in [3.63, 3.8) is 0 Å². The van der Waals surface area contributed by atoms with Crippen LogP contribution in [0.3, 0.4) is 0 Å². The number of anilines is 2. The van der Waals surface area contributed by atoms with Crippen molar-refractivity contribution in [3.05, 3.63) is 58.6 Å². The van der Waals surface area contributed by atoms with Crippen LogP contribution >= 0.6 is 23.4 Å². The summed E-state index contributed by atoms with van der Waals surface area (Å²) in [5, 5.41) is 4.63. The first-order valence-corrected chi connectivity index (χ1v) is 9.29. The summed E-state index contributed by atoms with van der Waals surface area (Å²) in [4.78, 5) is 23.7. The number of hydrogen-bond acceptors (Lipinski definition) is 3. The Kier molecular flexibility index (Phi) is 7.15. The minimum Gasteiger partial charge on any atom is -0.325 e. The fourth-order valence-corrected chi connectivity index (χ4v) is 3.02. The maximum absolute atomic E-state index is 12.8. The van der Waals surface area contributed by atoms with Gasteiger partial charge in [0.1, 0.15) is 0 Å². The SMILES string of the molecule is Cc1cccc(NC(=O)CSCC(=O)Nc2ccc(Cl)c(C(F)(F)F)c2)c1. The summed E-state index contributed by atoms with van der Waals surface area (Å²) in [5.41, 5.74) is 0.626. The zero-order valence-corrected chi connectivity index (χ0v) is 15.8. The number of carbonyl (C=O) groups excluding carboxylic acids is 2. The van der Waals surface area contributed by atoms with Gasteiger partial charge in [0, 0.05) is 11.4 Å². The molecule has 0 aliphatic rings. The monoisotopic (exact) mass is 416 g/mol. The lowest BCUT2D eigenvalue weighted by Crippen LogP contribution is -2.18. The maximum Gasteiger partial charge on any atom is 0.417 e. The van der Waals surface area contributed by atoms with Crippen LogP contribution in [0.1, 0.15) is 11.1 Å². The van der Waals surface area contributed by atoms with Gasteiger partial charge in [-0.05, 0) is 42.8 Å². The molecule has 0 spiro atoms. The molecular formula is C18H16ClF3N2O2S. The minimum atomic E-state index is -4.61. The van der Waals surface area contributed by atoms with Crippen LogP contribution in [0.4, 0.5) is 24.5 Å². The van der Waals surface area contributed by atoms with Crippen LogP contribution in [0.2, 0.25) is 5.02 Å². The molecule has 2 aromatic rings. The first kappa shape index (κ1) is 21.1. The van der Waals surface area contributed by atoms with Gasteiger partial charge in [-0.3, -0.25) is 9.59 Å². The third-order valence-electron chi connectivity index (χ3n) is 3.32. The summed E-state index contributed by atoms with van der Waals surface area (Å²) in [7, 11) is 0. The predicted octanol–water partition coefficient (Wildman–Crippen LogP) is 4.98. The van der Waals surface area contributed by atoms with Gasteiger partial charge in [-0.1, -0.05) is 23.7 Å². The van der Waals surface area contributed by atoms with E-state index in [9.17, 15) is 22.8 Å². The fourth-order valence-electron chi connectivity index (χ4n) is 2.17. The van der Waals surface area contributed by atoms with Gasteiger partial charge < -0.3 is 10.6 Å². The average molecular weight is 417 g/mol. The number of amides is 2. The molecule has 27 heavy (non-hydrogen) atoms. The normalized spacial score (nSPS) is 11.1. The molecule has 0 heterocycles. The predicted molar refractivity (Wildman–Crippen MR) is 102 cm³/mol. The molecule has 0 fully saturated rings. The van der Waals surface area contributed by atoms with E-state index in [1.54, 1.807) is 6.07 Å². The van der Waals surface area contributed by atoms with E-state index in [0.29, 0.717) is 5.69 Å². The van der Waals surface area contributed by atoms with Crippen LogP contribution < -0.4 is 10.6 Å². The van der Waals surface area contributed by atoms with Gasteiger partial charge in [0.25, 0.3) is 0 Å². The number of rotatable bonds is 6. The van der Waals surface area contributed by atoms with E-state index in [2.05, 4.69) is 10.6 Å². The quantitative estimate of drug-likeness (QED) is 0.698. The topological polar surface area (TPSA) is 58.2 Å². The lowest BCUT2D eigenvalue weighted by molar-refractivity contribution is -0.137. The molecule has 0 aromatic heterocycles. The molecule has 0 radical (unpaired) electrons. The number of hydrogen-bond donors (Lipinski definition) is 2. The van der Waals surface area contributed by atoms with E-state index in [1.807, 2.05) is 25.1 Å². The summed E-state index contributed by atoms with van der Waals surface area (Å²) >= 11 is 6.58. The third kappa shape index (κ3) is 6.80. The Morgan fingerprint density at radius 1 is 1.00 bits per heavy atom. The van der Waals surface area contributed by atoms with Gasteiger partial charge in [0.05, 0.1) is 22.1 Å². The van der Waals surface area contributed by atoms with Gasteiger partial charge in [-0.25, -0.2) is 0 Å². The number of carbonyl (C=O) groups is 2. The molecule has 4 nitrogen and oxygen atoms in total. The summed E-state index contributed by atoms with van der Waals surface area (Å²) in [6, 6.07) is 10.4. The van der Waals surface area contributed by atoms with E-state index in [1.165, 1.54) is 6.07 Å². The van der Waals surface area contributed by atoms with Crippen LogP contribution in [-0.2, 0) is 15.8 Å². The fraction of sp³-hybridized carbons (Fsp3) is 0.222. The number of thioether (sulfide) groups is 1. The maximum atomic E-state index is 12.8. The van der Waals surface area contributed by atoms with Crippen LogP contribution in [0.5, 0.6) is 0 Å². The minimum absolute atomic E-state index is 0.0125. The lowest BCUT2D eigenvalue weighted by atomic mass is 10.2. The van der Waals surface area contributed by atoms with Crippen molar-refractivity contribution >= 4 is 46.6 Å². The Labute approximate surface area is 163 Å². The highest BCUT2D eigenvalue weighted by Gasteiger charge is 2.33. The Balaban J connectivity index is 1.82. The second-order valence-corrected chi connectivity index (χ2v) is 7.04. The van der Waals surface area contributed by atoms with Gasteiger partial charge in [0.2, 0.25) is 11.8 Å². The molecule has 2 aromatic carbocycles. The van der Waals surface area contributed by atoms with Crippen LogP contribution in [0, 0.1) is 6.92 Å². The molecule has 2 rings (SSSR count). The van der Waals surface area contributed by atoms with Crippen molar-refractivity contribution in [3.8, 4) is 0 Å². The molecule has 0 atom stereocenters. The van der Waals surface area contributed by atoms with E-state index < -0.39 is 22.7 Å². The molecule has 9 heteroatoms. The molecule has 0 bridgehead atoms. The Morgan fingerprint density at radius 3 is 2.15 bits per heavy atom. The van der Waals surface area contributed by atoms with E-state index in [4.69, 9.17) is 11.6 Å². The van der Waals surface area contributed by atoms with Crippen molar-refractivity contribution in [2.45, 2.75) is 13.1 Å². The second-order valence-electron chi connectivity index (χ2n) is 5.65. The summed E-state index contributed by atoms with van der Waals surface area (Å²) in [6.45, 7) is 1.90. The first-order valence-electron chi connectivity index (χ1n) is 7.76. The number of aryl methyl sites for hydroxylation is 1. The van der Waals surface area contributed by atoms with Crippen LogP contribution in [0.15, 0.2) is 42.5 Å². The summed E-state index contributed by atoms with van der Waals surface area (Å²) < 4.78 is 38.4. The Hall–Kier alpha value is -2.19. The van der Waals surface area contributed by atoms with Crippen molar-refractivity contribution in [1.29, 1.82) is 0 Å². The number of alkyl halides is 3. The van der Waals surface area contributed by atoms with E-state index >= 15 is 0 Å². The molecule has 0 aliphatic carbocycles. The molecule has 0 saturated heterocycles. The molecule has 0 saturated carbocycles. The summed E-state index contributed by atoms with van der Waals surface area (Å²) in [6.07, 6.45) is -4.61. The van der Waals surface area contributed by atoms with Crippen LogP contribution in [0.25, 0.3) is 0 Å². The van der Waals surface area contributed by atoms with Crippen molar-refractivity contribution in [2.24, 2.45) is 0 Å². The van der Waals surface area contributed by atoms with E-state index in [0.717, 1.165) is 29.5 Å². The molecule has 2 N–H and O–H groups in total. The first-order chi connectivity index (χ1) is 12.6. The summed E-state index contributed by atoms with van der Waals surface area (Å²) in [5.74, 6) is -0.830. The Bertz CT molecular complexity index is 844. The number of halogens is 4. The highest BCUT2D eigenvalue weighted by atomic mass is 35.5. The molecule has 144 valence electrons. The lowest BCUT2D eigenvalue weighted by Gasteiger charge is -2.11. The zero-order valence-electron chi connectivity index (χ0n) is 14.2. The molecule has 0 unspecified atom stereocenters. The second kappa shape index (κ2) is 9.14. The van der Waals surface area contributed by atoms with Gasteiger partial charge in [-0.15, -0.1) is 11.8 Å². The Morgan fingerprint density at radius 2 is 1.59 bits per heavy atom. The van der Waals surface area contributed by atoms with Crippen molar-refractivity contribution < 1.29 is 22.8 Å². The van der Waals surface area contributed by atoms with E-state index in [-0.39, 0.29) is 23.1 Å². The van der Waals surface area contributed by atoms with Crippen molar-refractivity contribution in [1.82, 2.24) is 0 Å². The number of nitrogens with one attached hydrogen (secondary N) is 2. The average Bonchev–Trinajstić information content (AvgIpc) is 2.55. The van der Waals surface area contributed by atoms with Crippen molar-refractivity contribution in [2.75, 3.05) is 22.1 Å².